The molecule has 5 nitrogen and oxygen atoms in total. The topological polar surface area (TPSA) is 67.8 Å². The van der Waals surface area contributed by atoms with E-state index in [2.05, 4.69) is 18.9 Å². The van der Waals surface area contributed by atoms with Crippen molar-refractivity contribution in [3.05, 3.63) is 5.92 Å². The van der Waals surface area contributed by atoms with Crippen LogP contribution in [0.2, 0.25) is 0 Å². The first-order valence-electron chi connectivity index (χ1n) is 8.79. The van der Waals surface area contributed by atoms with Crippen LogP contribution in [0.5, 0.6) is 0 Å². The summed E-state index contributed by atoms with van der Waals surface area (Å²) in [6.45, 7) is 11.4. The standard InChI is InChI=1S/C17H37NO4P/c1-16(2)10-5-7-12-21-14-9-15-22-13-8-6-11-17(3,4)18-23(19)20/h23H,5-15H2,1-4H3,(H2,18,19,20). The van der Waals surface area contributed by atoms with Gasteiger partial charge in [-0.05, 0) is 58.3 Å². The summed E-state index contributed by atoms with van der Waals surface area (Å²) in [5.41, 5.74) is -0.285. The predicted octanol–water partition coefficient (Wildman–Crippen LogP) is 4.11. The van der Waals surface area contributed by atoms with Crippen molar-refractivity contribution in [1.82, 2.24) is 5.09 Å². The highest BCUT2D eigenvalue weighted by Crippen LogP contribution is 2.20. The van der Waals surface area contributed by atoms with Gasteiger partial charge in [0.25, 0.3) is 8.18 Å². The van der Waals surface area contributed by atoms with Crippen LogP contribution in [0.25, 0.3) is 0 Å². The summed E-state index contributed by atoms with van der Waals surface area (Å²) in [6, 6.07) is 0. The molecule has 0 heterocycles. The maximum absolute atomic E-state index is 10.8. The van der Waals surface area contributed by atoms with Gasteiger partial charge >= 0.3 is 0 Å². The molecule has 0 aromatic carbocycles. The molecule has 0 saturated heterocycles. The highest BCUT2D eigenvalue weighted by molar-refractivity contribution is 7.35. The smallest absolute Gasteiger partial charge is 0.256 e. The lowest BCUT2D eigenvalue weighted by molar-refractivity contribution is 0.0792. The lowest BCUT2D eigenvalue weighted by Gasteiger charge is -2.24. The Balaban J connectivity index is 3.23. The van der Waals surface area contributed by atoms with Gasteiger partial charge in [-0.2, -0.15) is 0 Å². The van der Waals surface area contributed by atoms with E-state index in [9.17, 15) is 4.57 Å². The second-order valence-corrected chi connectivity index (χ2v) is 7.87. The summed E-state index contributed by atoms with van der Waals surface area (Å²) in [4.78, 5) is 8.90. The van der Waals surface area contributed by atoms with Gasteiger partial charge in [0.15, 0.2) is 0 Å². The fourth-order valence-corrected chi connectivity index (χ4v) is 2.98. The molecule has 23 heavy (non-hydrogen) atoms. The van der Waals surface area contributed by atoms with Crippen molar-refractivity contribution in [2.45, 2.75) is 78.2 Å². The number of nitrogens with one attached hydrogen (secondary N) is 1. The maximum Gasteiger partial charge on any atom is 0.256 e. The monoisotopic (exact) mass is 350 g/mol. The third-order valence-electron chi connectivity index (χ3n) is 3.58. The Morgan fingerprint density at radius 3 is 2.00 bits per heavy atom. The number of hydrogen-bond acceptors (Lipinski definition) is 3. The molecule has 0 aliphatic carbocycles. The van der Waals surface area contributed by atoms with Crippen LogP contribution in [0.1, 0.15) is 72.6 Å². The molecule has 2 N–H and O–H groups in total. The van der Waals surface area contributed by atoms with Crippen LogP contribution in [-0.2, 0) is 14.0 Å². The van der Waals surface area contributed by atoms with Crippen LogP contribution in [-0.4, -0.2) is 36.9 Å². The van der Waals surface area contributed by atoms with Crippen molar-refractivity contribution in [3.8, 4) is 0 Å². The predicted molar refractivity (Wildman–Crippen MR) is 97.0 cm³/mol. The lowest BCUT2D eigenvalue weighted by atomic mass is 9.99. The van der Waals surface area contributed by atoms with Crippen LogP contribution in [0.4, 0.5) is 0 Å². The van der Waals surface area contributed by atoms with E-state index in [1.54, 1.807) is 0 Å². The van der Waals surface area contributed by atoms with E-state index in [-0.39, 0.29) is 5.54 Å². The molecular formula is C17H37NO4P. The van der Waals surface area contributed by atoms with Gasteiger partial charge in [0.1, 0.15) is 0 Å². The summed E-state index contributed by atoms with van der Waals surface area (Å²) >= 11 is 0. The van der Waals surface area contributed by atoms with Gasteiger partial charge < -0.3 is 14.4 Å². The van der Waals surface area contributed by atoms with E-state index in [0.29, 0.717) is 0 Å². The lowest BCUT2D eigenvalue weighted by Crippen LogP contribution is -2.34. The molecule has 0 bridgehead atoms. The Hall–Kier alpha value is 0.0700. The van der Waals surface area contributed by atoms with Crippen molar-refractivity contribution in [3.63, 3.8) is 0 Å². The van der Waals surface area contributed by atoms with E-state index >= 15 is 0 Å². The molecule has 0 aliphatic rings. The fraction of sp³-hybridized carbons (Fsp3) is 0.941. The Labute approximate surface area is 143 Å². The van der Waals surface area contributed by atoms with Crippen molar-refractivity contribution >= 4 is 8.18 Å². The first-order valence-corrected chi connectivity index (χ1v) is 10.1. The SMILES string of the molecule is C[C](C)CCCCOCCCOCCCCC(C)(C)N[PH](=O)O. The van der Waals surface area contributed by atoms with Crippen LogP contribution in [0.15, 0.2) is 0 Å². The van der Waals surface area contributed by atoms with E-state index < -0.39 is 8.18 Å². The number of unbranched alkanes of at least 4 members (excludes halogenated alkanes) is 2. The number of rotatable bonds is 16. The third-order valence-corrected chi connectivity index (χ3v) is 4.47. The van der Waals surface area contributed by atoms with E-state index in [4.69, 9.17) is 14.4 Å². The normalized spacial score (nSPS) is 13.7. The zero-order chi connectivity index (χ0) is 17.6. The molecule has 0 rings (SSSR count). The largest absolute Gasteiger partial charge is 0.381 e. The second-order valence-electron chi connectivity index (χ2n) is 7.01. The minimum atomic E-state index is -2.61. The highest BCUT2D eigenvalue weighted by atomic mass is 31.1. The summed E-state index contributed by atoms with van der Waals surface area (Å²) in [5, 5.41) is 2.71. The molecule has 0 aliphatic heterocycles. The first-order chi connectivity index (χ1) is 10.8. The van der Waals surface area contributed by atoms with E-state index in [1.807, 2.05) is 13.8 Å². The van der Waals surface area contributed by atoms with Crippen molar-refractivity contribution in [2.24, 2.45) is 0 Å². The van der Waals surface area contributed by atoms with Crippen LogP contribution in [0.3, 0.4) is 0 Å². The molecule has 0 spiro atoms. The average molecular weight is 350 g/mol. The fourth-order valence-electron chi connectivity index (χ4n) is 2.27. The van der Waals surface area contributed by atoms with E-state index in [0.717, 1.165) is 58.5 Å². The number of ether oxygens (including phenoxy) is 2. The zero-order valence-electron chi connectivity index (χ0n) is 15.5. The molecule has 1 radical (unpaired) electrons. The van der Waals surface area contributed by atoms with Gasteiger partial charge in [0.2, 0.25) is 0 Å². The van der Waals surface area contributed by atoms with Gasteiger partial charge in [-0.25, -0.2) is 5.09 Å². The highest BCUT2D eigenvalue weighted by Gasteiger charge is 2.17. The van der Waals surface area contributed by atoms with Gasteiger partial charge in [0, 0.05) is 32.0 Å². The van der Waals surface area contributed by atoms with Crippen LogP contribution in [0, 0.1) is 5.92 Å². The molecule has 0 aromatic rings. The summed E-state index contributed by atoms with van der Waals surface area (Å²) in [6.07, 6.45) is 7.33. The Bertz CT molecular complexity index is 298. The first kappa shape index (κ1) is 23.1. The molecule has 0 aromatic heterocycles. The van der Waals surface area contributed by atoms with Gasteiger partial charge in [0.05, 0.1) is 0 Å². The van der Waals surface area contributed by atoms with E-state index in [1.165, 1.54) is 18.8 Å². The average Bonchev–Trinajstić information content (AvgIpc) is 2.42. The zero-order valence-corrected chi connectivity index (χ0v) is 16.5. The van der Waals surface area contributed by atoms with Crippen molar-refractivity contribution in [1.29, 1.82) is 0 Å². The maximum atomic E-state index is 10.8. The van der Waals surface area contributed by atoms with Gasteiger partial charge in [-0.15, -0.1) is 0 Å². The minimum absolute atomic E-state index is 0.285. The molecule has 0 fully saturated rings. The molecule has 0 saturated carbocycles. The number of hydrogen-bond donors (Lipinski definition) is 2. The Morgan fingerprint density at radius 1 is 0.957 bits per heavy atom. The molecule has 139 valence electrons. The molecule has 1 unspecified atom stereocenters. The molecule has 1 atom stereocenters. The van der Waals surface area contributed by atoms with Crippen molar-refractivity contribution in [2.75, 3.05) is 26.4 Å². The molecular weight excluding hydrogens is 313 g/mol. The van der Waals surface area contributed by atoms with Crippen LogP contribution < -0.4 is 5.09 Å². The summed E-state index contributed by atoms with van der Waals surface area (Å²) in [5.74, 6) is 1.49. The van der Waals surface area contributed by atoms with Crippen molar-refractivity contribution < 1.29 is 18.9 Å². The van der Waals surface area contributed by atoms with Gasteiger partial charge in [-0.1, -0.05) is 20.3 Å². The summed E-state index contributed by atoms with van der Waals surface area (Å²) in [7, 11) is -2.61. The van der Waals surface area contributed by atoms with Gasteiger partial charge in [-0.3, -0.25) is 4.57 Å². The molecule has 0 amide bonds. The third kappa shape index (κ3) is 18.3. The Kier molecular flexibility index (Phi) is 14.5. The molecule has 6 heteroatoms. The summed E-state index contributed by atoms with van der Waals surface area (Å²) < 4.78 is 22.0. The Morgan fingerprint density at radius 2 is 1.48 bits per heavy atom. The quantitative estimate of drug-likeness (QED) is 0.324. The second kappa shape index (κ2) is 14.4. The minimum Gasteiger partial charge on any atom is -0.381 e. The van der Waals surface area contributed by atoms with Crippen LogP contribution >= 0.6 is 8.18 Å².